The van der Waals surface area contributed by atoms with Crippen LogP contribution in [0.3, 0.4) is 0 Å². The van der Waals surface area contributed by atoms with E-state index in [0.29, 0.717) is 10.2 Å². The topological polar surface area (TPSA) is 88.2 Å². The Labute approximate surface area is 116 Å². The fourth-order valence-electron chi connectivity index (χ4n) is 1.40. The Bertz CT molecular complexity index is 649. The second kappa shape index (κ2) is 5.23. The van der Waals surface area contributed by atoms with Crippen molar-refractivity contribution in [1.29, 1.82) is 0 Å². The van der Waals surface area contributed by atoms with Gasteiger partial charge in [0.2, 0.25) is 0 Å². The van der Waals surface area contributed by atoms with Crippen LogP contribution in [0.25, 0.3) is 0 Å². The number of nitrogen functional groups attached to an aromatic ring is 1. The number of rotatable bonds is 3. The molecule has 0 bridgehead atoms. The molecule has 2 aromatic rings. The lowest BCUT2D eigenvalue weighted by Crippen LogP contribution is -2.05. The minimum absolute atomic E-state index is 0.144. The molecule has 0 amide bonds. The third-order valence-corrected chi connectivity index (χ3v) is 2.97. The molecule has 0 radical (unpaired) electrons. The SMILES string of the molecule is Nc1ccc(C(=O)O)nc1Nc1ccc(Br)c(F)c1. The summed E-state index contributed by atoms with van der Waals surface area (Å²) in [6.07, 6.45) is 0. The Kier molecular flexibility index (Phi) is 3.66. The molecule has 5 nitrogen and oxygen atoms in total. The predicted molar refractivity (Wildman–Crippen MR) is 73.0 cm³/mol. The predicted octanol–water partition coefficient (Wildman–Crippen LogP) is 3.01. The number of carboxylic acids is 1. The molecule has 7 heteroatoms. The number of nitrogens with zero attached hydrogens (tertiary/aromatic N) is 1. The first-order chi connectivity index (χ1) is 8.97. The number of anilines is 3. The van der Waals surface area contributed by atoms with Crippen LogP contribution in [-0.2, 0) is 0 Å². The van der Waals surface area contributed by atoms with E-state index in [2.05, 4.69) is 26.2 Å². The maximum atomic E-state index is 13.4. The van der Waals surface area contributed by atoms with Crippen molar-refractivity contribution in [3.8, 4) is 0 Å². The second-order valence-electron chi connectivity index (χ2n) is 3.69. The molecule has 0 unspecified atom stereocenters. The zero-order valence-corrected chi connectivity index (χ0v) is 11.1. The van der Waals surface area contributed by atoms with Crippen molar-refractivity contribution in [2.24, 2.45) is 0 Å². The Morgan fingerprint density at radius 2 is 2.11 bits per heavy atom. The molecule has 0 spiro atoms. The number of hydrogen-bond acceptors (Lipinski definition) is 4. The van der Waals surface area contributed by atoms with Gasteiger partial charge in [0.15, 0.2) is 11.5 Å². The van der Waals surface area contributed by atoms with Crippen molar-refractivity contribution in [1.82, 2.24) is 4.98 Å². The Morgan fingerprint density at radius 3 is 2.74 bits per heavy atom. The lowest BCUT2D eigenvalue weighted by Gasteiger charge is -2.09. The maximum absolute atomic E-state index is 13.4. The molecule has 0 fully saturated rings. The lowest BCUT2D eigenvalue weighted by atomic mass is 10.3. The van der Waals surface area contributed by atoms with Crippen molar-refractivity contribution >= 4 is 39.1 Å². The first-order valence-corrected chi connectivity index (χ1v) is 5.98. The minimum Gasteiger partial charge on any atom is -0.477 e. The third kappa shape index (κ3) is 3.00. The minimum atomic E-state index is -1.16. The van der Waals surface area contributed by atoms with Crippen molar-refractivity contribution in [3.05, 3.63) is 46.3 Å². The largest absolute Gasteiger partial charge is 0.477 e. The smallest absolute Gasteiger partial charge is 0.354 e. The van der Waals surface area contributed by atoms with Crippen molar-refractivity contribution in [2.45, 2.75) is 0 Å². The molecule has 4 N–H and O–H groups in total. The average molecular weight is 326 g/mol. The molecule has 0 aliphatic rings. The molecule has 1 aromatic heterocycles. The summed E-state index contributed by atoms with van der Waals surface area (Å²) in [4.78, 5) is 14.7. The highest BCUT2D eigenvalue weighted by atomic mass is 79.9. The van der Waals surface area contributed by atoms with E-state index in [1.165, 1.54) is 24.3 Å². The maximum Gasteiger partial charge on any atom is 0.354 e. The fraction of sp³-hybridized carbons (Fsp3) is 0. The molecule has 19 heavy (non-hydrogen) atoms. The summed E-state index contributed by atoms with van der Waals surface area (Å²) in [6.45, 7) is 0. The van der Waals surface area contributed by atoms with Crippen molar-refractivity contribution in [3.63, 3.8) is 0 Å². The van der Waals surface area contributed by atoms with Gasteiger partial charge in [0, 0.05) is 5.69 Å². The van der Waals surface area contributed by atoms with Crippen LogP contribution in [-0.4, -0.2) is 16.1 Å². The molecule has 1 heterocycles. The van der Waals surface area contributed by atoms with Crippen LogP contribution in [0, 0.1) is 5.82 Å². The summed E-state index contributed by atoms with van der Waals surface area (Å²) in [5, 5.41) is 11.6. The molecular formula is C12H9BrFN3O2. The number of aromatic carboxylic acids is 1. The number of benzene rings is 1. The van der Waals surface area contributed by atoms with Crippen LogP contribution in [0.1, 0.15) is 10.5 Å². The first-order valence-electron chi connectivity index (χ1n) is 5.19. The van der Waals surface area contributed by atoms with E-state index in [-0.39, 0.29) is 17.2 Å². The number of pyridine rings is 1. The monoisotopic (exact) mass is 325 g/mol. The molecule has 0 atom stereocenters. The van der Waals surface area contributed by atoms with Crippen LogP contribution in [0.15, 0.2) is 34.8 Å². The van der Waals surface area contributed by atoms with Crippen LogP contribution in [0.4, 0.5) is 21.6 Å². The summed E-state index contributed by atoms with van der Waals surface area (Å²) in [5.41, 5.74) is 6.23. The third-order valence-electron chi connectivity index (χ3n) is 2.33. The van der Waals surface area contributed by atoms with E-state index in [1.807, 2.05) is 0 Å². The first kappa shape index (κ1) is 13.3. The van der Waals surface area contributed by atoms with Crippen molar-refractivity contribution < 1.29 is 14.3 Å². The van der Waals surface area contributed by atoms with Gasteiger partial charge < -0.3 is 16.2 Å². The van der Waals surface area contributed by atoms with Gasteiger partial charge in [-0.3, -0.25) is 0 Å². The number of hydrogen-bond donors (Lipinski definition) is 3. The number of aromatic nitrogens is 1. The molecule has 98 valence electrons. The molecule has 2 rings (SSSR count). The number of nitrogens with one attached hydrogen (secondary N) is 1. The van der Waals surface area contributed by atoms with Gasteiger partial charge in [-0.2, -0.15) is 0 Å². The van der Waals surface area contributed by atoms with E-state index >= 15 is 0 Å². The molecule has 0 saturated heterocycles. The summed E-state index contributed by atoms with van der Waals surface area (Å²) < 4.78 is 13.7. The van der Waals surface area contributed by atoms with Gasteiger partial charge in [-0.25, -0.2) is 14.2 Å². The highest BCUT2D eigenvalue weighted by Crippen LogP contribution is 2.24. The number of carbonyl (C=O) groups is 1. The summed E-state index contributed by atoms with van der Waals surface area (Å²) in [7, 11) is 0. The molecular weight excluding hydrogens is 317 g/mol. The molecule has 0 saturated carbocycles. The second-order valence-corrected chi connectivity index (χ2v) is 4.55. The van der Waals surface area contributed by atoms with Crippen LogP contribution < -0.4 is 11.1 Å². The van der Waals surface area contributed by atoms with Crippen molar-refractivity contribution in [2.75, 3.05) is 11.1 Å². The van der Waals surface area contributed by atoms with E-state index in [1.54, 1.807) is 6.07 Å². The van der Waals surface area contributed by atoms with Crippen LogP contribution >= 0.6 is 15.9 Å². The Morgan fingerprint density at radius 1 is 1.37 bits per heavy atom. The van der Waals surface area contributed by atoms with Gasteiger partial charge in [-0.05, 0) is 46.3 Å². The average Bonchev–Trinajstić information content (AvgIpc) is 2.36. The highest BCUT2D eigenvalue weighted by molar-refractivity contribution is 9.10. The van der Waals surface area contributed by atoms with E-state index in [0.717, 1.165) is 0 Å². The van der Waals surface area contributed by atoms with Gasteiger partial charge in [0.05, 0.1) is 10.2 Å². The number of nitrogens with two attached hydrogens (primary N) is 1. The normalized spacial score (nSPS) is 10.2. The molecule has 0 aliphatic carbocycles. The van der Waals surface area contributed by atoms with Gasteiger partial charge in [0.1, 0.15) is 5.82 Å². The fourth-order valence-corrected chi connectivity index (χ4v) is 1.65. The van der Waals surface area contributed by atoms with Gasteiger partial charge in [0.25, 0.3) is 0 Å². The summed E-state index contributed by atoms with van der Waals surface area (Å²) in [6, 6.07) is 7.11. The molecule has 0 aliphatic heterocycles. The van der Waals surface area contributed by atoms with E-state index < -0.39 is 11.8 Å². The zero-order chi connectivity index (χ0) is 14.0. The summed E-state index contributed by atoms with van der Waals surface area (Å²) >= 11 is 3.04. The number of carboxylic acid groups (broad SMARTS) is 1. The Balaban J connectivity index is 2.34. The van der Waals surface area contributed by atoms with Crippen LogP contribution in [0.5, 0.6) is 0 Å². The van der Waals surface area contributed by atoms with E-state index in [9.17, 15) is 9.18 Å². The lowest BCUT2D eigenvalue weighted by molar-refractivity contribution is 0.0690. The van der Waals surface area contributed by atoms with Crippen LogP contribution in [0.2, 0.25) is 0 Å². The zero-order valence-electron chi connectivity index (χ0n) is 9.52. The number of halogens is 2. The quantitative estimate of drug-likeness (QED) is 0.807. The highest BCUT2D eigenvalue weighted by Gasteiger charge is 2.09. The van der Waals surface area contributed by atoms with E-state index in [4.69, 9.17) is 10.8 Å². The Hall–Kier alpha value is -2.15. The summed E-state index contributed by atoms with van der Waals surface area (Å²) in [5.74, 6) is -1.44. The van der Waals surface area contributed by atoms with Gasteiger partial charge in [-0.15, -0.1) is 0 Å². The molecule has 1 aromatic carbocycles. The van der Waals surface area contributed by atoms with Gasteiger partial charge in [-0.1, -0.05) is 0 Å². The van der Waals surface area contributed by atoms with Gasteiger partial charge >= 0.3 is 5.97 Å². The standard InChI is InChI=1S/C12H9BrFN3O2/c13-7-2-1-6(5-8(7)14)16-11-9(15)3-4-10(17-11)12(18)19/h1-5H,15H2,(H,16,17)(H,18,19).